The summed E-state index contributed by atoms with van der Waals surface area (Å²) >= 11 is 0. The van der Waals surface area contributed by atoms with E-state index in [1.807, 2.05) is 25.1 Å². The van der Waals surface area contributed by atoms with Crippen LogP contribution in [0.1, 0.15) is 44.0 Å². The molecule has 1 N–H and O–H groups in total. The van der Waals surface area contributed by atoms with E-state index < -0.39 is 0 Å². The monoisotopic (exact) mass is 290 g/mol. The van der Waals surface area contributed by atoms with Gasteiger partial charge in [0.1, 0.15) is 12.4 Å². The maximum Gasteiger partial charge on any atom is 0.179 e. The van der Waals surface area contributed by atoms with Crippen LogP contribution in [0.25, 0.3) is 0 Å². The molecule has 0 radical (unpaired) electrons. The lowest BCUT2D eigenvalue weighted by Gasteiger charge is -2.27. The Kier molecular flexibility index (Phi) is 5.62. The number of hydrogen-bond donors (Lipinski definition) is 1. The molecular weight excluding hydrogens is 264 g/mol. The van der Waals surface area contributed by atoms with Gasteiger partial charge in [0.15, 0.2) is 5.78 Å². The molecule has 0 aromatic heterocycles. The minimum atomic E-state index is -0.0764. The van der Waals surface area contributed by atoms with Gasteiger partial charge in [-0.3, -0.25) is 9.69 Å². The molecule has 0 spiro atoms. The van der Waals surface area contributed by atoms with Crippen LogP contribution in [0.5, 0.6) is 5.75 Å². The van der Waals surface area contributed by atoms with Crippen LogP contribution in [0.2, 0.25) is 0 Å². The second kappa shape index (κ2) is 7.46. The zero-order valence-corrected chi connectivity index (χ0v) is 13.3. The number of anilines is 1. The molecule has 0 amide bonds. The molecule has 0 saturated carbocycles. The van der Waals surface area contributed by atoms with Gasteiger partial charge in [-0.2, -0.15) is 0 Å². The maximum absolute atomic E-state index is 12.7. The quantitative estimate of drug-likeness (QED) is 0.783. The molecule has 1 unspecified atom stereocenters. The molecule has 1 aromatic carbocycles. The van der Waals surface area contributed by atoms with Gasteiger partial charge >= 0.3 is 0 Å². The number of ether oxygens (including phenoxy) is 1. The van der Waals surface area contributed by atoms with Gasteiger partial charge < -0.3 is 10.1 Å². The zero-order valence-electron chi connectivity index (χ0n) is 13.3. The van der Waals surface area contributed by atoms with Crippen molar-refractivity contribution in [1.29, 1.82) is 0 Å². The second-order valence-electron chi connectivity index (χ2n) is 5.56. The highest BCUT2D eigenvalue weighted by Gasteiger charge is 2.22. The maximum atomic E-state index is 12.7. The van der Waals surface area contributed by atoms with Gasteiger partial charge in [0, 0.05) is 12.1 Å². The molecular formula is C17H26N2O2. The first-order chi connectivity index (χ1) is 10.2. The van der Waals surface area contributed by atoms with Crippen LogP contribution < -0.4 is 10.1 Å². The number of fused-ring (bicyclic) bond motifs is 1. The molecule has 1 aliphatic rings. The van der Waals surface area contributed by atoms with Gasteiger partial charge in [-0.05, 0) is 51.1 Å². The average Bonchev–Trinajstić information content (AvgIpc) is 2.53. The minimum absolute atomic E-state index is 0.0764. The van der Waals surface area contributed by atoms with E-state index in [2.05, 4.69) is 24.1 Å². The normalized spacial score (nSPS) is 15.0. The third-order valence-corrected chi connectivity index (χ3v) is 3.89. The molecule has 2 rings (SSSR count). The Morgan fingerprint density at radius 2 is 2.05 bits per heavy atom. The number of benzene rings is 1. The Labute approximate surface area is 127 Å². The summed E-state index contributed by atoms with van der Waals surface area (Å²) in [5.74, 6) is 1.02. The molecule has 0 fully saturated rings. The van der Waals surface area contributed by atoms with E-state index in [0.29, 0.717) is 6.61 Å². The lowest BCUT2D eigenvalue weighted by atomic mass is 10.0. The van der Waals surface area contributed by atoms with Gasteiger partial charge in [-0.15, -0.1) is 0 Å². The third kappa shape index (κ3) is 3.76. The summed E-state index contributed by atoms with van der Waals surface area (Å²) in [6, 6.07) is 5.61. The summed E-state index contributed by atoms with van der Waals surface area (Å²) in [7, 11) is 0. The Balaban J connectivity index is 2.14. The smallest absolute Gasteiger partial charge is 0.179 e. The fraction of sp³-hybridized carbons (Fsp3) is 0.588. The zero-order chi connectivity index (χ0) is 15.2. The van der Waals surface area contributed by atoms with Crippen LogP contribution in [-0.4, -0.2) is 43.0 Å². The summed E-state index contributed by atoms with van der Waals surface area (Å²) in [4.78, 5) is 15.0. The fourth-order valence-corrected chi connectivity index (χ4v) is 2.77. The average molecular weight is 290 g/mol. The number of Topliss-reactive ketones (excluding diaryl/α,β-unsaturated/α-hetero) is 1. The summed E-state index contributed by atoms with van der Waals surface area (Å²) in [5.41, 5.74) is 1.69. The van der Waals surface area contributed by atoms with Gasteiger partial charge in [0.05, 0.1) is 11.7 Å². The lowest BCUT2D eigenvalue weighted by Crippen LogP contribution is -2.40. The van der Waals surface area contributed by atoms with Gasteiger partial charge in [0.25, 0.3) is 0 Å². The molecule has 1 aromatic rings. The van der Waals surface area contributed by atoms with Crippen molar-refractivity contribution in [2.75, 3.05) is 31.6 Å². The molecule has 1 heterocycles. The first kappa shape index (κ1) is 15.8. The van der Waals surface area contributed by atoms with Crippen molar-refractivity contribution >= 4 is 11.5 Å². The second-order valence-corrected chi connectivity index (χ2v) is 5.56. The van der Waals surface area contributed by atoms with E-state index in [4.69, 9.17) is 4.74 Å². The van der Waals surface area contributed by atoms with Gasteiger partial charge in [-0.25, -0.2) is 0 Å². The minimum Gasteiger partial charge on any atom is -0.490 e. The third-order valence-electron chi connectivity index (χ3n) is 3.89. The van der Waals surface area contributed by atoms with Crippen molar-refractivity contribution in [3.05, 3.63) is 23.8 Å². The van der Waals surface area contributed by atoms with Gasteiger partial charge in [0.2, 0.25) is 0 Å². The highest BCUT2D eigenvalue weighted by Crippen LogP contribution is 2.28. The summed E-state index contributed by atoms with van der Waals surface area (Å²) in [6.45, 7) is 9.71. The van der Waals surface area contributed by atoms with Crippen molar-refractivity contribution in [3.8, 4) is 5.75 Å². The highest BCUT2D eigenvalue weighted by atomic mass is 16.5. The molecule has 1 aliphatic heterocycles. The van der Waals surface area contributed by atoms with Crippen LogP contribution in [0, 0.1) is 0 Å². The summed E-state index contributed by atoms with van der Waals surface area (Å²) in [6.07, 6.45) is 2.13. The van der Waals surface area contributed by atoms with E-state index in [1.54, 1.807) is 0 Å². The Hall–Kier alpha value is -1.55. The summed E-state index contributed by atoms with van der Waals surface area (Å²) in [5, 5.41) is 3.29. The molecule has 4 heteroatoms. The molecule has 4 nitrogen and oxygen atoms in total. The number of ketones is 1. The largest absolute Gasteiger partial charge is 0.490 e. The Morgan fingerprint density at radius 1 is 1.33 bits per heavy atom. The fourth-order valence-electron chi connectivity index (χ4n) is 2.77. The lowest BCUT2D eigenvalue weighted by molar-refractivity contribution is 0.0838. The topological polar surface area (TPSA) is 41.6 Å². The van der Waals surface area contributed by atoms with E-state index in [0.717, 1.165) is 49.5 Å². The Bertz CT molecular complexity index is 482. The highest BCUT2D eigenvalue weighted by molar-refractivity contribution is 6.01. The number of nitrogens with one attached hydrogen (secondary N) is 1. The van der Waals surface area contributed by atoms with E-state index in [-0.39, 0.29) is 11.8 Å². The molecule has 0 saturated heterocycles. The van der Waals surface area contributed by atoms with Crippen LogP contribution in [-0.2, 0) is 0 Å². The molecule has 1 atom stereocenters. The predicted octanol–water partition coefficient (Wildman–Crippen LogP) is 3.18. The standard InChI is InChI=1S/C17H26N2O2/c1-4-9-19(10-5-2)13(3)17(20)14-6-7-16-15(12-14)18-8-11-21-16/h6-7,12-13,18H,4-5,8-11H2,1-3H3. The van der Waals surface area contributed by atoms with Crippen LogP contribution in [0.15, 0.2) is 18.2 Å². The predicted molar refractivity (Wildman–Crippen MR) is 86.4 cm³/mol. The van der Waals surface area contributed by atoms with Crippen LogP contribution in [0.4, 0.5) is 5.69 Å². The Morgan fingerprint density at radius 3 is 2.71 bits per heavy atom. The SMILES string of the molecule is CCCN(CCC)C(C)C(=O)c1ccc2c(c1)NCCO2. The first-order valence-corrected chi connectivity index (χ1v) is 7.96. The number of hydrogen-bond acceptors (Lipinski definition) is 4. The van der Waals surface area contributed by atoms with Crippen molar-refractivity contribution in [3.63, 3.8) is 0 Å². The molecule has 21 heavy (non-hydrogen) atoms. The number of carbonyl (C=O) groups excluding carboxylic acids is 1. The van der Waals surface area contributed by atoms with Gasteiger partial charge in [-0.1, -0.05) is 13.8 Å². The number of carbonyl (C=O) groups is 1. The van der Waals surface area contributed by atoms with E-state index in [9.17, 15) is 4.79 Å². The molecule has 0 bridgehead atoms. The van der Waals surface area contributed by atoms with Crippen LogP contribution >= 0.6 is 0 Å². The molecule has 0 aliphatic carbocycles. The van der Waals surface area contributed by atoms with Crippen LogP contribution in [0.3, 0.4) is 0 Å². The van der Waals surface area contributed by atoms with Crippen molar-refractivity contribution in [1.82, 2.24) is 4.90 Å². The number of nitrogens with zero attached hydrogens (tertiary/aromatic N) is 1. The molecule has 116 valence electrons. The first-order valence-electron chi connectivity index (χ1n) is 7.96. The summed E-state index contributed by atoms with van der Waals surface area (Å²) < 4.78 is 5.56. The van der Waals surface area contributed by atoms with E-state index in [1.165, 1.54) is 0 Å². The van der Waals surface area contributed by atoms with Crippen molar-refractivity contribution in [2.24, 2.45) is 0 Å². The number of rotatable bonds is 7. The van der Waals surface area contributed by atoms with Crippen molar-refractivity contribution < 1.29 is 9.53 Å². The van der Waals surface area contributed by atoms with E-state index >= 15 is 0 Å². The van der Waals surface area contributed by atoms with Crippen molar-refractivity contribution in [2.45, 2.75) is 39.7 Å².